The van der Waals surface area contributed by atoms with Gasteiger partial charge in [0, 0.05) is 11.4 Å². The summed E-state index contributed by atoms with van der Waals surface area (Å²) < 4.78 is 15.5. The van der Waals surface area contributed by atoms with E-state index in [4.69, 9.17) is 37.4 Å². The van der Waals surface area contributed by atoms with E-state index >= 15 is 0 Å². The van der Waals surface area contributed by atoms with Crippen LogP contribution in [-0.2, 0) is 14.3 Å². The van der Waals surface area contributed by atoms with Gasteiger partial charge in [-0.1, -0.05) is 35.3 Å². The summed E-state index contributed by atoms with van der Waals surface area (Å²) in [5, 5.41) is 6.42. The number of methoxy groups -OCH3 is 1. The van der Waals surface area contributed by atoms with Crippen molar-refractivity contribution >= 4 is 69.0 Å². The fourth-order valence-electron chi connectivity index (χ4n) is 3.52. The molecule has 3 rings (SSSR count). The van der Waals surface area contributed by atoms with E-state index in [0.717, 1.165) is 11.3 Å². The summed E-state index contributed by atoms with van der Waals surface area (Å²) >= 11 is 12.9. The fourth-order valence-corrected chi connectivity index (χ4v) is 5.09. The molecular formula is C27H26Cl2N2O7S. The number of esters is 2. The summed E-state index contributed by atoms with van der Waals surface area (Å²) in [7, 11) is 1.24. The number of benzene rings is 2. The minimum absolute atomic E-state index is 0.0818. The first-order valence-corrected chi connectivity index (χ1v) is 13.4. The molecule has 12 heteroatoms. The molecule has 0 radical (unpaired) electrons. The third-order valence-electron chi connectivity index (χ3n) is 5.37. The third kappa shape index (κ3) is 7.72. The molecule has 39 heavy (non-hydrogen) atoms. The van der Waals surface area contributed by atoms with Crippen molar-refractivity contribution in [3.8, 4) is 5.75 Å². The molecule has 0 bridgehead atoms. The molecule has 0 fully saturated rings. The Morgan fingerprint density at radius 1 is 1.00 bits per heavy atom. The van der Waals surface area contributed by atoms with Gasteiger partial charge in [-0.05, 0) is 56.2 Å². The van der Waals surface area contributed by atoms with Gasteiger partial charge in [0.15, 0.2) is 0 Å². The molecular weight excluding hydrogens is 567 g/mol. The molecule has 2 amide bonds. The van der Waals surface area contributed by atoms with Gasteiger partial charge in [-0.15, -0.1) is 11.3 Å². The number of ether oxygens (including phenoxy) is 3. The molecule has 206 valence electrons. The minimum Gasteiger partial charge on any atom is -0.492 e. The van der Waals surface area contributed by atoms with Crippen molar-refractivity contribution in [3.05, 3.63) is 74.1 Å². The lowest BCUT2D eigenvalue weighted by molar-refractivity contribution is -0.116. The molecule has 2 aromatic carbocycles. The van der Waals surface area contributed by atoms with Crippen molar-refractivity contribution in [2.45, 2.75) is 26.7 Å². The Morgan fingerprint density at radius 3 is 2.44 bits per heavy atom. The first kappa shape index (κ1) is 29.9. The van der Waals surface area contributed by atoms with Crippen LogP contribution in [0.25, 0.3) is 0 Å². The molecule has 1 heterocycles. The number of para-hydroxylation sites is 1. The lowest BCUT2D eigenvalue weighted by Crippen LogP contribution is -2.16. The molecule has 0 aliphatic heterocycles. The van der Waals surface area contributed by atoms with Crippen LogP contribution in [0.1, 0.15) is 55.7 Å². The van der Waals surface area contributed by atoms with Crippen LogP contribution >= 0.6 is 34.5 Å². The summed E-state index contributed by atoms with van der Waals surface area (Å²) in [6, 6.07) is 11.2. The number of rotatable bonds is 11. The molecule has 0 aliphatic rings. The van der Waals surface area contributed by atoms with Crippen LogP contribution in [0.15, 0.2) is 42.5 Å². The van der Waals surface area contributed by atoms with E-state index in [0.29, 0.717) is 27.8 Å². The van der Waals surface area contributed by atoms with Crippen molar-refractivity contribution < 1.29 is 33.4 Å². The zero-order valence-corrected chi connectivity index (χ0v) is 23.7. The highest BCUT2D eigenvalue weighted by atomic mass is 35.5. The Labute approximate surface area is 239 Å². The largest absolute Gasteiger partial charge is 0.492 e. The molecule has 0 saturated heterocycles. The second-order valence-electron chi connectivity index (χ2n) is 8.05. The third-order valence-corrected chi connectivity index (χ3v) is 7.10. The van der Waals surface area contributed by atoms with Gasteiger partial charge in [0.1, 0.15) is 10.8 Å². The first-order valence-electron chi connectivity index (χ1n) is 11.8. The summed E-state index contributed by atoms with van der Waals surface area (Å²) in [4.78, 5) is 50.8. The number of nitrogens with one attached hydrogen (secondary N) is 2. The van der Waals surface area contributed by atoms with Gasteiger partial charge < -0.3 is 24.8 Å². The van der Waals surface area contributed by atoms with Gasteiger partial charge in [0.05, 0.1) is 47.0 Å². The predicted molar refractivity (Wildman–Crippen MR) is 151 cm³/mol. The smallest absolute Gasteiger partial charge is 0.341 e. The van der Waals surface area contributed by atoms with Crippen molar-refractivity contribution in [2.75, 3.05) is 31.0 Å². The molecule has 0 aliphatic carbocycles. The number of thiophene rings is 1. The second kappa shape index (κ2) is 14.0. The lowest BCUT2D eigenvalue weighted by Gasteiger charge is -2.09. The van der Waals surface area contributed by atoms with Crippen LogP contribution in [0, 0.1) is 6.92 Å². The number of carbonyl (C=O) groups excluding carboxylic acids is 4. The van der Waals surface area contributed by atoms with E-state index in [-0.39, 0.29) is 52.2 Å². The number of hydrogen-bond donors (Lipinski definition) is 2. The fraction of sp³-hybridized carbons (Fsp3) is 0.259. The average molecular weight is 593 g/mol. The Morgan fingerprint density at radius 2 is 1.74 bits per heavy atom. The second-order valence-corrected chi connectivity index (χ2v) is 9.91. The Hall–Kier alpha value is -3.60. The molecule has 0 atom stereocenters. The van der Waals surface area contributed by atoms with Gasteiger partial charge >= 0.3 is 11.9 Å². The van der Waals surface area contributed by atoms with Gasteiger partial charge in [-0.3, -0.25) is 9.59 Å². The zero-order chi connectivity index (χ0) is 28.5. The van der Waals surface area contributed by atoms with Gasteiger partial charge in [0.2, 0.25) is 5.91 Å². The quantitative estimate of drug-likeness (QED) is 0.196. The highest BCUT2D eigenvalue weighted by molar-refractivity contribution is 7.19. The maximum absolute atomic E-state index is 13.2. The van der Waals surface area contributed by atoms with E-state index < -0.39 is 17.8 Å². The summed E-state index contributed by atoms with van der Waals surface area (Å²) in [6.45, 7) is 3.57. The number of halogens is 2. The monoisotopic (exact) mass is 592 g/mol. The van der Waals surface area contributed by atoms with Crippen molar-refractivity contribution in [2.24, 2.45) is 0 Å². The van der Waals surface area contributed by atoms with Crippen molar-refractivity contribution in [1.82, 2.24) is 0 Å². The van der Waals surface area contributed by atoms with Gasteiger partial charge in [0.25, 0.3) is 5.91 Å². The molecule has 2 N–H and O–H groups in total. The topological polar surface area (TPSA) is 120 Å². The highest BCUT2D eigenvalue weighted by Crippen LogP contribution is 2.35. The minimum atomic E-state index is -0.670. The van der Waals surface area contributed by atoms with Crippen LogP contribution in [-0.4, -0.2) is 44.1 Å². The number of amides is 2. The Bertz CT molecular complexity index is 1390. The first-order chi connectivity index (χ1) is 18.7. The predicted octanol–water partition coefficient (Wildman–Crippen LogP) is 6.38. The highest BCUT2D eigenvalue weighted by Gasteiger charge is 2.27. The van der Waals surface area contributed by atoms with Crippen LogP contribution in [0.3, 0.4) is 0 Å². The molecule has 9 nitrogen and oxygen atoms in total. The standard InChI is InChI=1S/C27H26Cl2N2O7S/c1-4-37-27(35)22-15(2)23(24(33)30-19-9-6-5-8-17(19)26(34)36-3)39-25(22)31-21(32)10-7-13-38-20-12-11-16(28)14-18(20)29/h5-6,8-9,11-12,14H,4,7,10,13H2,1-3H3,(H,30,33)(H,31,32). The SMILES string of the molecule is CCOC(=O)c1c(NC(=O)CCCOc2ccc(Cl)cc2Cl)sc(C(=O)Nc2ccccc2C(=O)OC)c1C. The summed E-state index contributed by atoms with van der Waals surface area (Å²) in [5.74, 6) is -1.78. The van der Waals surface area contributed by atoms with Crippen LogP contribution < -0.4 is 15.4 Å². The maximum Gasteiger partial charge on any atom is 0.341 e. The molecule has 3 aromatic rings. The van der Waals surface area contributed by atoms with Crippen LogP contribution in [0.5, 0.6) is 5.75 Å². The van der Waals surface area contributed by atoms with Crippen LogP contribution in [0.2, 0.25) is 10.0 Å². The maximum atomic E-state index is 13.2. The lowest BCUT2D eigenvalue weighted by atomic mass is 10.1. The Kier molecular flexibility index (Phi) is 10.7. The van der Waals surface area contributed by atoms with E-state index in [1.54, 1.807) is 50.2 Å². The van der Waals surface area contributed by atoms with Crippen LogP contribution in [0.4, 0.5) is 10.7 Å². The van der Waals surface area contributed by atoms with E-state index in [1.807, 2.05) is 0 Å². The number of hydrogen-bond acceptors (Lipinski definition) is 8. The molecule has 0 unspecified atom stereocenters. The normalized spacial score (nSPS) is 10.5. The van der Waals surface area contributed by atoms with Gasteiger partial charge in [-0.25, -0.2) is 9.59 Å². The summed E-state index contributed by atoms with van der Waals surface area (Å²) in [5.41, 5.74) is 0.836. The van der Waals surface area contributed by atoms with Crippen molar-refractivity contribution in [1.29, 1.82) is 0 Å². The number of anilines is 2. The molecule has 1 aromatic heterocycles. The number of carbonyl (C=O) groups is 4. The van der Waals surface area contributed by atoms with E-state index in [2.05, 4.69) is 10.6 Å². The van der Waals surface area contributed by atoms with Crippen molar-refractivity contribution in [3.63, 3.8) is 0 Å². The zero-order valence-electron chi connectivity index (χ0n) is 21.4. The summed E-state index contributed by atoms with van der Waals surface area (Å²) in [6.07, 6.45) is 0.444. The molecule has 0 saturated carbocycles. The average Bonchev–Trinajstić information content (AvgIpc) is 3.23. The van der Waals surface area contributed by atoms with E-state index in [1.165, 1.54) is 13.2 Å². The van der Waals surface area contributed by atoms with E-state index in [9.17, 15) is 19.2 Å². The van der Waals surface area contributed by atoms with Gasteiger partial charge in [-0.2, -0.15) is 0 Å². The molecule has 0 spiro atoms. The Balaban J connectivity index is 1.73.